The van der Waals surface area contributed by atoms with Gasteiger partial charge in [0, 0.05) is 35.1 Å². The van der Waals surface area contributed by atoms with Gasteiger partial charge in [0.15, 0.2) is 0 Å². The van der Waals surface area contributed by atoms with Crippen LogP contribution < -0.4 is 9.64 Å². The molecule has 2 aromatic rings. The van der Waals surface area contributed by atoms with Gasteiger partial charge in [-0.15, -0.1) is 11.3 Å². The third kappa shape index (κ3) is 7.14. The molecule has 3 fully saturated rings. The molecular weight excluding hydrogens is 534 g/mol. The largest absolute Gasteiger partial charge is 0.488 e. The number of aromatic nitrogens is 1. The highest BCUT2D eigenvalue weighted by molar-refractivity contribution is 7.14. The molecule has 0 aromatic carbocycles. The number of amides is 1. The molecule has 0 bridgehead atoms. The van der Waals surface area contributed by atoms with Crippen molar-refractivity contribution in [3.05, 3.63) is 39.8 Å². The van der Waals surface area contributed by atoms with E-state index in [0.717, 1.165) is 81.6 Å². The molecule has 0 unspecified atom stereocenters. The maximum Gasteiger partial charge on any atom is 0.348 e. The van der Waals surface area contributed by atoms with Crippen LogP contribution in [0.4, 0.5) is 5.69 Å². The minimum Gasteiger partial charge on any atom is -0.488 e. The van der Waals surface area contributed by atoms with E-state index in [0.29, 0.717) is 11.6 Å². The number of carbonyl (C=O) groups is 2. The minimum atomic E-state index is -0.949. The Morgan fingerprint density at radius 1 is 1.07 bits per heavy atom. The molecule has 0 spiro atoms. The first-order chi connectivity index (χ1) is 19.6. The number of rotatable bonds is 8. The second-order valence-electron chi connectivity index (χ2n) is 13.6. The van der Waals surface area contributed by atoms with Gasteiger partial charge in [-0.05, 0) is 101 Å². The fourth-order valence-electron chi connectivity index (χ4n) is 6.71. The lowest BCUT2D eigenvalue weighted by atomic mass is 9.81. The van der Waals surface area contributed by atoms with Crippen LogP contribution in [0.5, 0.6) is 5.75 Å². The summed E-state index contributed by atoms with van der Waals surface area (Å²) in [6.07, 6.45) is 13.4. The first kappa shape index (κ1) is 30.0. The van der Waals surface area contributed by atoms with Gasteiger partial charge in [-0.3, -0.25) is 14.7 Å². The Morgan fingerprint density at radius 2 is 1.76 bits per heavy atom. The highest BCUT2D eigenvalue weighted by Crippen LogP contribution is 2.42. The smallest absolute Gasteiger partial charge is 0.348 e. The summed E-state index contributed by atoms with van der Waals surface area (Å²) in [5.74, 6) is 0.638. The summed E-state index contributed by atoms with van der Waals surface area (Å²) in [7, 11) is 0. The molecule has 0 atom stereocenters. The predicted octanol–water partition coefficient (Wildman–Crippen LogP) is 7.28. The number of hydrogen-bond acceptors (Lipinski definition) is 6. The van der Waals surface area contributed by atoms with E-state index in [2.05, 4.69) is 43.6 Å². The van der Waals surface area contributed by atoms with Gasteiger partial charge in [-0.25, -0.2) is 4.79 Å². The quantitative estimate of drug-likeness (QED) is 0.353. The molecule has 5 rings (SSSR count). The van der Waals surface area contributed by atoms with Gasteiger partial charge in [0.25, 0.3) is 0 Å². The summed E-state index contributed by atoms with van der Waals surface area (Å²) in [5, 5.41) is 10.2. The van der Waals surface area contributed by atoms with Gasteiger partial charge in [0.1, 0.15) is 10.6 Å². The van der Waals surface area contributed by atoms with Crippen LogP contribution in [0, 0.1) is 11.8 Å². The molecule has 8 heteroatoms. The maximum absolute atomic E-state index is 14.2. The number of likely N-dealkylation sites (tertiary alicyclic amines) is 1. The molecule has 0 radical (unpaired) electrons. The van der Waals surface area contributed by atoms with E-state index in [1.807, 2.05) is 23.4 Å². The summed E-state index contributed by atoms with van der Waals surface area (Å²) in [6, 6.07) is 4.03. The highest BCUT2D eigenvalue weighted by Gasteiger charge is 2.38. The van der Waals surface area contributed by atoms with Crippen LogP contribution in [0.2, 0.25) is 0 Å². The third-order valence-corrected chi connectivity index (χ3v) is 10.8. The number of anilines is 1. The van der Waals surface area contributed by atoms with Gasteiger partial charge in [-0.1, -0.05) is 27.7 Å². The number of nitrogens with zero attached hydrogens (tertiary/aromatic N) is 3. The Kier molecular flexibility index (Phi) is 9.39. The van der Waals surface area contributed by atoms with Crippen LogP contribution in [0.25, 0.3) is 0 Å². The van der Waals surface area contributed by atoms with Gasteiger partial charge < -0.3 is 14.7 Å². The van der Waals surface area contributed by atoms with Crippen molar-refractivity contribution in [1.82, 2.24) is 9.88 Å². The van der Waals surface area contributed by atoms with Gasteiger partial charge in [-0.2, -0.15) is 0 Å². The van der Waals surface area contributed by atoms with Crippen LogP contribution in [0.1, 0.15) is 112 Å². The first-order valence-corrected chi connectivity index (χ1v) is 16.4. The van der Waals surface area contributed by atoms with E-state index in [9.17, 15) is 14.7 Å². The monoisotopic (exact) mass is 581 g/mol. The summed E-state index contributed by atoms with van der Waals surface area (Å²) in [5.41, 5.74) is 1.59. The molecule has 41 heavy (non-hydrogen) atoms. The molecule has 3 heterocycles. The van der Waals surface area contributed by atoms with Crippen LogP contribution >= 0.6 is 11.3 Å². The van der Waals surface area contributed by atoms with Crippen molar-refractivity contribution in [1.29, 1.82) is 0 Å². The number of thiophene rings is 1. The van der Waals surface area contributed by atoms with E-state index in [1.54, 1.807) is 0 Å². The summed E-state index contributed by atoms with van der Waals surface area (Å²) < 4.78 is 6.55. The van der Waals surface area contributed by atoms with Crippen molar-refractivity contribution >= 4 is 28.9 Å². The Morgan fingerprint density at radius 3 is 2.39 bits per heavy atom. The minimum absolute atomic E-state index is 0.0276. The summed E-state index contributed by atoms with van der Waals surface area (Å²) in [4.78, 5) is 36.7. The van der Waals surface area contributed by atoms with Crippen LogP contribution in [0.15, 0.2) is 24.5 Å². The van der Waals surface area contributed by atoms with Gasteiger partial charge >= 0.3 is 5.97 Å². The summed E-state index contributed by atoms with van der Waals surface area (Å²) >= 11 is 1.32. The average molecular weight is 582 g/mol. The number of pyridine rings is 1. The lowest BCUT2D eigenvalue weighted by molar-refractivity contribution is -0.124. The van der Waals surface area contributed by atoms with Crippen molar-refractivity contribution in [3.8, 4) is 5.75 Å². The lowest BCUT2D eigenvalue weighted by Gasteiger charge is -2.39. The predicted molar refractivity (Wildman–Crippen MR) is 164 cm³/mol. The molecule has 7 nitrogen and oxygen atoms in total. The number of carbonyl (C=O) groups excluding carboxylic acids is 1. The van der Waals surface area contributed by atoms with Crippen molar-refractivity contribution in [2.24, 2.45) is 11.8 Å². The number of aromatic carboxylic acids is 1. The zero-order chi connectivity index (χ0) is 29.1. The molecule has 2 aromatic heterocycles. The molecule has 224 valence electrons. The SMILES string of the molecule is CC1CCC(C(=O)N(c2cc(C(C)(C)C)sc2C(=O)O)C2CCC(Oc3cnccc3CN3CCCC3)CC2)CC1. The standard InChI is InChI=1S/C33H47N3O4S/c1-22-7-9-23(10-8-22)31(37)36(27-19-29(33(2,3)4)41-30(27)32(38)39)25-11-13-26(14-12-25)40-28-20-34-16-15-24(28)21-35-17-5-6-18-35/h15-16,19-20,22-23,25-26H,5-14,17-18,21H2,1-4H3,(H,38,39). The molecule has 1 saturated heterocycles. The van der Waals surface area contributed by atoms with Crippen LogP contribution in [0.3, 0.4) is 0 Å². The van der Waals surface area contributed by atoms with E-state index in [4.69, 9.17) is 4.74 Å². The molecule has 2 aliphatic carbocycles. The van der Waals surface area contributed by atoms with Crippen molar-refractivity contribution in [3.63, 3.8) is 0 Å². The fourth-order valence-corrected chi connectivity index (χ4v) is 7.76. The molecule has 2 saturated carbocycles. The number of carboxylic acids is 1. The average Bonchev–Trinajstić information content (AvgIpc) is 3.62. The van der Waals surface area contributed by atoms with E-state index in [-0.39, 0.29) is 34.3 Å². The summed E-state index contributed by atoms with van der Waals surface area (Å²) in [6.45, 7) is 11.7. The molecule has 1 N–H and O–H groups in total. The normalized spacial score (nSPS) is 25.7. The molecule has 1 amide bonds. The Labute approximate surface area is 249 Å². The molecular formula is C33H47N3O4S. The highest BCUT2D eigenvalue weighted by atomic mass is 32.1. The van der Waals surface area contributed by atoms with Crippen molar-refractivity contribution < 1.29 is 19.4 Å². The molecule has 3 aliphatic rings. The third-order valence-electron chi connectivity index (χ3n) is 9.27. The van der Waals surface area contributed by atoms with E-state index < -0.39 is 5.97 Å². The lowest BCUT2D eigenvalue weighted by Crippen LogP contribution is -2.47. The Bertz CT molecular complexity index is 1200. The Balaban J connectivity index is 1.35. The maximum atomic E-state index is 14.2. The number of hydrogen-bond donors (Lipinski definition) is 1. The van der Waals surface area contributed by atoms with Gasteiger partial charge in [0.05, 0.1) is 18.0 Å². The van der Waals surface area contributed by atoms with Crippen molar-refractivity contribution in [2.45, 2.75) is 116 Å². The van der Waals surface area contributed by atoms with Crippen molar-refractivity contribution in [2.75, 3.05) is 18.0 Å². The van der Waals surface area contributed by atoms with Crippen LogP contribution in [-0.4, -0.2) is 52.1 Å². The second-order valence-corrected chi connectivity index (χ2v) is 14.6. The number of carboxylic acid groups (broad SMARTS) is 1. The Hall–Kier alpha value is -2.45. The van der Waals surface area contributed by atoms with Crippen LogP contribution in [-0.2, 0) is 16.8 Å². The first-order valence-electron chi connectivity index (χ1n) is 15.6. The van der Waals surface area contributed by atoms with E-state index in [1.165, 1.54) is 29.7 Å². The fraction of sp³-hybridized carbons (Fsp3) is 0.667. The zero-order valence-electron chi connectivity index (χ0n) is 25.2. The van der Waals surface area contributed by atoms with Gasteiger partial charge in [0.2, 0.25) is 5.91 Å². The number of ether oxygens (including phenoxy) is 1. The second kappa shape index (κ2) is 12.8. The molecule has 1 aliphatic heterocycles. The topological polar surface area (TPSA) is 83.0 Å². The zero-order valence-corrected chi connectivity index (χ0v) is 26.0. The van der Waals surface area contributed by atoms with E-state index >= 15 is 0 Å².